The van der Waals surface area contributed by atoms with Crippen LogP contribution in [0.1, 0.15) is 28.2 Å². The highest BCUT2D eigenvalue weighted by Gasteiger charge is 2.51. The minimum Gasteiger partial charge on any atom is -0.466 e. The maximum atomic E-state index is 14.0. The van der Waals surface area contributed by atoms with Crippen LogP contribution in [0.5, 0.6) is 0 Å². The summed E-state index contributed by atoms with van der Waals surface area (Å²) in [6.45, 7) is 0.489. The van der Waals surface area contributed by atoms with Gasteiger partial charge in [-0.15, -0.1) is 0 Å². The van der Waals surface area contributed by atoms with Crippen molar-refractivity contribution in [3.8, 4) is 22.3 Å². The van der Waals surface area contributed by atoms with E-state index in [2.05, 4.69) is 24.3 Å². The third kappa shape index (κ3) is 2.85. The molecule has 0 saturated heterocycles. The summed E-state index contributed by atoms with van der Waals surface area (Å²) < 4.78 is 11.4. The van der Waals surface area contributed by atoms with Gasteiger partial charge in [-0.3, -0.25) is 9.59 Å². The smallest absolute Gasteiger partial charge is 0.324 e. The predicted octanol–water partition coefficient (Wildman–Crippen LogP) is 5.48. The second-order valence-electron chi connectivity index (χ2n) is 8.73. The maximum absolute atomic E-state index is 14.0. The second-order valence-corrected chi connectivity index (χ2v) is 8.73. The van der Waals surface area contributed by atoms with Crippen molar-refractivity contribution in [1.82, 2.24) is 0 Å². The molecular formula is C30H22O4. The topological polar surface area (TPSA) is 52.6 Å². The minimum atomic E-state index is -1.20. The molecular weight excluding hydrogens is 424 g/mol. The van der Waals surface area contributed by atoms with E-state index in [1.54, 1.807) is 0 Å². The van der Waals surface area contributed by atoms with Gasteiger partial charge in [-0.1, -0.05) is 97.1 Å². The Bertz CT molecular complexity index is 1330. The van der Waals surface area contributed by atoms with Crippen LogP contribution < -0.4 is 0 Å². The summed E-state index contributed by atoms with van der Waals surface area (Å²) in [5, 5.41) is 0. The Hall–Kier alpha value is -4.18. The number of benzene rings is 4. The zero-order valence-electron chi connectivity index (χ0n) is 18.4. The van der Waals surface area contributed by atoms with Crippen molar-refractivity contribution in [3.63, 3.8) is 0 Å². The first kappa shape index (κ1) is 20.4. The second kappa shape index (κ2) is 7.99. The minimum absolute atomic E-state index is 0.0488. The first-order valence-electron chi connectivity index (χ1n) is 11.4. The highest BCUT2D eigenvalue weighted by Crippen LogP contribution is 2.50. The molecule has 4 aromatic rings. The first-order valence-corrected chi connectivity index (χ1v) is 11.4. The Kier molecular flexibility index (Phi) is 4.80. The molecule has 2 aliphatic carbocycles. The van der Waals surface area contributed by atoms with Crippen LogP contribution in [0, 0.1) is 0 Å². The van der Waals surface area contributed by atoms with Crippen LogP contribution in [0.15, 0.2) is 97.1 Å². The maximum Gasteiger partial charge on any atom is 0.324 e. The number of carbonyl (C=O) groups excluding carboxylic acids is 2. The summed E-state index contributed by atoms with van der Waals surface area (Å²) in [7, 11) is 0. The van der Waals surface area contributed by atoms with Crippen LogP contribution in [0.2, 0.25) is 0 Å². The molecule has 4 heteroatoms. The first-order chi connectivity index (χ1) is 16.8. The fourth-order valence-electron chi connectivity index (χ4n) is 5.64. The van der Waals surface area contributed by atoms with Crippen molar-refractivity contribution in [2.24, 2.45) is 0 Å². The van der Waals surface area contributed by atoms with Crippen molar-refractivity contribution < 1.29 is 19.1 Å². The molecule has 0 heterocycles. The molecule has 4 aromatic carbocycles. The number of ether oxygens (including phenoxy) is 2. The SMILES string of the molecule is O=COCC1(C(=O)OCC2c3ccccc3-c3ccccc32)c2ccccc2-c2ccccc21. The van der Waals surface area contributed by atoms with Crippen molar-refractivity contribution >= 4 is 12.4 Å². The van der Waals surface area contributed by atoms with Crippen LogP contribution in [-0.4, -0.2) is 25.7 Å². The third-order valence-electron chi connectivity index (χ3n) is 7.12. The van der Waals surface area contributed by atoms with E-state index >= 15 is 0 Å². The van der Waals surface area contributed by atoms with E-state index in [1.807, 2.05) is 72.8 Å². The fraction of sp³-hybridized carbons (Fsp3) is 0.133. The average molecular weight is 447 g/mol. The van der Waals surface area contributed by atoms with E-state index in [4.69, 9.17) is 9.47 Å². The van der Waals surface area contributed by atoms with Crippen LogP contribution in [0.25, 0.3) is 22.3 Å². The monoisotopic (exact) mass is 446 g/mol. The van der Waals surface area contributed by atoms with Gasteiger partial charge in [-0.2, -0.15) is 0 Å². The Morgan fingerprint density at radius 2 is 1.18 bits per heavy atom. The molecule has 2 aliphatic rings. The van der Waals surface area contributed by atoms with E-state index in [-0.39, 0.29) is 19.1 Å². The van der Waals surface area contributed by atoms with Gasteiger partial charge in [0.2, 0.25) is 0 Å². The highest BCUT2D eigenvalue weighted by atomic mass is 16.5. The van der Waals surface area contributed by atoms with Crippen molar-refractivity contribution in [3.05, 3.63) is 119 Å². The van der Waals surface area contributed by atoms with Gasteiger partial charge >= 0.3 is 5.97 Å². The summed E-state index contributed by atoms with van der Waals surface area (Å²) >= 11 is 0. The Morgan fingerprint density at radius 1 is 0.706 bits per heavy atom. The van der Waals surface area contributed by atoms with E-state index in [0.717, 1.165) is 33.4 Å². The lowest BCUT2D eigenvalue weighted by Gasteiger charge is -2.29. The molecule has 0 saturated carbocycles. The van der Waals surface area contributed by atoms with Gasteiger partial charge < -0.3 is 9.47 Å². The van der Waals surface area contributed by atoms with E-state index in [9.17, 15) is 9.59 Å². The summed E-state index contributed by atoms with van der Waals surface area (Å²) in [6, 6.07) is 32.0. The number of fused-ring (bicyclic) bond motifs is 6. The molecule has 4 nitrogen and oxygen atoms in total. The van der Waals surface area contributed by atoms with Gasteiger partial charge in [0, 0.05) is 5.92 Å². The Balaban J connectivity index is 1.40. The summed E-state index contributed by atoms with van der Waals surface area (Å²) in [4.78, 5) is 25.2. The molecule has 0 fully saturated rings. The number of hydrogen-bond acceptors (Lipinski definition) is 4. The van der Waals surface area contributed by atoms with E-state index in [1.165, 1.54) is 11.1 Å². The molecule has 0 atom stereocenters. The third-order valence-corrected chi connectivity index (χ3v) is 7.12. The van der Waals surface area contributed by atoms with Crippen LogP contribution in [-0.2, 0) is 24.5 Å². The van der Waals surface area contributed by atoms with Crippen molar-refractivity contribution in [1.29, 1.82) is 0 Å². The summed E-state index contributed by atoms with van der Waals surface area (Å²) in [6.07, 6.45) is 0. The molecule has 0 N–H and O–H groups in total. The van der Waals surface area contributed by atoms with Crippen molar-refractivity contribution in [2.75, 3.05) is 13.2 Å². The molecule has 6 rings (SSSR count). The lowest BCUT2D eigenvalue weighted by atomic mass is 9.79. The van der Waals surface area contributed by atoms with Gasteiger partial charge in [-0.25, -0.2) is 0 Å². The Morgan fingerprint density at radius 3 is 1.71 bits per heavy atom. The Labute approximate surface area is 197 Å². The van der Waals surface area contributed by atoms with Gasteiger partial charge in [-0.05, 0) is 44.5 Å². The van der Waals surface area contributed by atoms with Crippen LogP contribution in [0.3, 0.4) is 0 Å². The molecule has 34 heavy (non-hydrogen) atoms. The summed E-state index contributed by atoms with van der Waals surface area (Å²) in [5.74, 6) is -0.458. The molecule has 0 bridgehead atoms. The normalized spacial score (nSPS) is 14.5. The van der Waals surface area contributed by atoms with E-state index in [0.29, 0.717) is 6.47 Å². The average Bonchev–Trinajstić information content (AvgIpc) is 3.37. The molecule has 0 radical (unpaired) electrons. The lowest BCUT2D eigenvalue weighted by Crippen LogP contribution is -2.42. The standard InChI is InChI=1S/C30H22O4/c31-19-33-18-30(27-15-7-5-13-24(27)25-14-6-8-16-28(25)30)29(32)34-17-26-22-11-3-1-9-20(22)21-10-2-4-12-23(21)26/h1-16,19,26H,17-18H2. The molecule has 0 aromatic heterocycles. The highest BCUT2D eigenvalue weighted by molar-refractivity contribution is 5.98. The van der Waals surface area contributed by atoms with Gasteiger partial charge in [0.05, 0.1) is 0 Å². The summed E-state index contributed by atoms with van der Waals surface area (Å²) in [5.41, 5.74) is 6.98. The fourth-order valence-corrected chi connectivity index (χ4v) is 5.64. The zero-order chi connectivity index (χ0) is 23.1. The molecule has 0 aliphatic heterocycles. The van der Waals surface area contributed by atoms with Gasteiger partial charge in [0.25, 0.3) is 6.47 Å². The number of esters is 1. The van der Waals surface area contributed by atoms with Gasteiger partial charge in [0.15, 0.2) is 5.41 Å². The largest absolute Gasteiger partial charge is 0.466 e. The van der Waals surface area contributed by atoms with E-state index < -0.39 is 11.4 Å². The van der Waals surface area contributed by atoms with Crippen LogP contribution in [0.4, 0.5) is 0 Å². The zero-order valence-corrected chi connectivity index (χ0v) is 18.4. The number of rotatable bonds is 6. The predicted molar refractivity (Wildman–Crippen MR) is 129 cm³/mol. The number of hydrogen-bond donors (Lipinski definition) is 0. The van der Waals surface area contributed by atoms with Crippen molar-refractivity contribution in [2.45, 2.75) is 11.3 Å². The lowest BCUT2D eigenvalue weighted by molar-refractivity contribution is -0.152. The van der Waals surface area contributed by atoms with Crippen LogP contribution >= 0.6 is 0 Å². The molecule has 0 spiro atoms. The molecule has 166 valence electrons. The molecule has 0 unspecified atom stereocenters. The number of carbonyl (C=O) groups is 2. The van der Waals surface area contributed by atoms with Gasteiger partial charge in [0.1, 0.15) is 13.2 Å². The quantitative estimate of drug-likeness (QED) is 0.291. The molecule has 0 amide bonds.